The van der Waals surface area contributed by atoms with Gasteiger partial charge in [-0.15, -0.1) is 4.36 Å². The van der Waals surface area contributed by atoms with Crippen molar-refractivity contribution in [3.63, 3.8) is 0 Å². The maximum atomic E-state index is 14.4. The van der Waals surface area contributed by atoms with Gasteiger partial charge in [-0.1, -0.05) is 43.7 Å². The normalized spacial score (nSPS) is 31.6. The highest BCUT2D eigenvalue weighted by molar-refractivity contribution is 7.92. The second kappa shape index (κ2) is 14.8. The van der Waals surface area contributed by atoms with E-state index in [1.54, 1.807) is 19.2 Å². The molecule has 2 aromatic rings. The first-order valence-electron chi connectivity index (χ1n) is 17.0. The zero-order valence-corrected chi connectivity index (χ0v) is 29.6. The third-order valence-corrected chi connectivity index (χ3v) is 12.5. The molecule has 5 aliphatic rings. The summed E-state index contributed by atoms with van der Waals surface area (Å²) in [5.74, 6) is 0.445. The molecule has 7 rings (SSSR count). The molecular weight excluding hydrogens is 652 g/mol. The van der Waals surface area contributed by atoms with Crippen LogP contribution in [0.15, 0.2) is 52.9 Å². The molecule has 10 nitrogen and oxygen atoms in total. The monoisotopic (exact) mass is 698 g/mol. The topological polar surface area (TPSA) is 119 Å². The summed E-state index contributed by atoms with van der Waals surface area (Å²) in [6, 6.07) is 10.5. The van der Waals surface area contributed by atoms with Gasteiger partial charge in [-0.25, -0.2) is 9.00 Å². The molecule has 2 N–H and O–H groups in total. The van der Waals surface area contributed by atoms with Crippen LogP contribution in [-0.4, -0.2) is 67.0 Å². The number of rotatable bonds is 3. The summed E-state index contributed by atoms with van der Waals surface area (Å²) in [5.41, 5.74) is 3.02. The zero-order valence-electron chi connectivity index (χ0n) is 28.0. The highest BCUT2D eigenvalue weighted by Crippen LogP contribution is 2.49. The van der Waals surface area contributed by atoms with E-state index >= 15 is 0 Å². The minimum atomic E-state index is -3.50. The Morgan fingerprint density at radius 3 is 2.77 bits per heavy atom. The van der Waals surface area contributed by atoms with Crippen LogP contribution in [0.25, 0.3) is 0 Å². The summed E-state index contributed by atoms with van der Waals surface area (Å²) >= 11 is 6.45. The minimum absolute atomic E-state index is 0.00927. The lowest BCUT2D eigenvalue weighted by molar-refractivity contribution is -0.116. The van der Waals surface area contributed by atoms with Crippen LogP contribution in [0.5, 0.6) is 5.75 Å². The first-order valence-corrected chi connectivity index (χ1v) is 19.1. The lowest BCUT2D eigenvalue weighted by Gasteiger charge is -2.53. The van der Waals surface area contributed by atoms with Crippen LogP contribution in [0.3, 0.4) is 0 Å². The Hall–Kier alpha value is -3.12. The number of nitrogens with zero attached hydrogens (tertiary/aromatic N) is 2. The van der Waals surface area contributed by atoms with Crippen molar-refractivity contribution in [2.45, 2.75) is 70.6 Å². The smallest absolute Gasteiger partial charge is 0.327 e. The third kappa shape index (κ3) is 7.85. The number of ether oxygens (including phenoxy) is 3. The molecule has 2 aromatic carbocycles. The van der Waals surface area contributed by atoms with Crippen molar-refractivity contribution in [1.82, 2.24) is 10.0 Å². The van der Waals surface area contributed by atoms with E-state index in [-0.39, 0.29) is 29.2 Å². The molecular formula is C36H47ClN4O6S. The minimum Gasteiger partial charge on any atom is -0.491 e. The van der Waals surface area contributed by atoms with E-state index < -0.39 is 27.5 Å². The number of aryl methyl sites for hydroxylation is 1. The van der Waals surface area contributed by atoms with Crippen LogP contribution in [0.1, 0.15) is 67.4 Å². The molecule has 1 unspecified atom stereocenters. The number of carbonyl (C=O) groups is 2. The quantitative estimate of drug-likeness (QED) is 0.361. The second-order valence-electron chi connectivity index (χ2n) is 13.8. The van der Waals surface area contributed by atoms with E-state index in [1.165, 1.54) is 11.1 Å². The number of urea groups is 1. The standard InChI is InChI=1S/C36H47ClN4O6S/c1-24-7-6-14-36(45-3)19-29(25(36)2)21-41-20-28-9-11-30(37)17-26(28)8-4-5-15-47-33-12-10-27(18-32(33)41)34(42)39-48(44,23-24)40-35(43)38-31-13-16-46-22-31/h6,9-12,14,17-18,24-25,29,31H,4-5,7-8,13,15-16,19-23H2,1-3H3,(H2,38,39,40,42,43,44)/b14-6+/t24-,25+,29-,31-,36-,48?/m0/s1. The lowest BCUT2D eigenvalue weighted by atomic mass is 9.61. The lowest BCUT2D eigenvalue weighted by Crippen LogP contribution is -2.56. The molecule has 2 fully saturated rings. The van der Waals surface area contributed by atoms with Gasteiger partial charge in [0.2, 0.25) is 0 Å². The van der Waals surface area contributed by atoms with Crippen molar-refractivity contribution >= 4 is 39.1 Å². The van der Waals surface area contributed by atoms with Crippen LogP contribution in [0.4, 0.5) is 10.5 Å². The van der Waals surface area contributed by atoms with Crippen molar-refractivity contribution in [1.29, 1.82) is 0 Å². The third-order valence-electron chi connectivity index (χ3n) is 10.3. The van der Waals surface area contributed by atoms with E-state index in [2.05, 4.69) is 50.5 Å². The molecule has 4 aliphatic heterocycles. The van der Waals surface area contributed by atoms with Crippen molar-refractivity contribution in [3.8, 4) is 5.75 Å². The van der Waals surface area contributed by atoms with Crippen molar-refractivity contribution < 1.29 is 28.0 Å². The van der Waals surface area contributed by atoms with Gasteiger partial charge in [0.15, 0.2) is 0 Å². The van der Waals surface area contributed by atoms with Gasteiger partial charge in [-0.3, -0.25) is 9.52 Å². The number of hydrogen-bond donors (Lipinski definition) is 2. The van der Waals surface area contributed by atoms with Crippen LogP contribution < -0.4 is 19.7 Å². The Morgan fingerprint density at radius 2 is 2.00 bits per heavy atom. The van der Waals surface area contributed by atoms with Gasteiger partial charge in [-0.05, 0) is 97.7 Å². The molecule has 0 spiro atoms. The molecule has 1 saturated carbocycles. The molecule has 4 heterocycles. The Morgan fingerprint density at radius 1 is 1.15 bits per heavy atom. The molecule has 6 atom stereocenters. The van der Waals surface area contributed by atoms with E-state index in [1.807, 2.05) is 19.1 Å². The number of allylic oxidation sites excluding steroid dienone is 1. The Balaban J connectivity index is 1.42. The summed E-state index contributed by atoms with van der Waals surface area (Å²) in [4.78, 5) is 29.2. The van der Waals surface area contributed by atoms with E-state index in [0.717, 1.165) is 31.4 Å². The maximum absolute atomic E-state index is 14.4. The number of carbonyl (C=O) groups excluding carboxylic acids is 2. The number of amides is 3. The zero-order chi connectivity index (χ0) is 33.9. The summed E-state index contributed by atoms with van der Waals surface area (Å²) in [6.07, 6.45) is 9.03. The Kier molecular flexibility index (Phi) is 10.7. The number of hydrogen-bond acceptors (Lipinski definition) is 7. The van der Waals surface area contributed by atoms with Crippen LogP contribution >= 0.6 is 11.6 Å². The highest BCUT2D eigenvalue weighted by Gasteiger charge is 2.50. The SMILES string of the molecule is CO[C@@]12/C=C/C[C@H](C)CS(=O)(NC(=O)N[C@H]3CCOC3)=NC(=O)c3ccc4c(c3)N(Cc3ccc(Cl)cc3CCCCO4)C[C@H](C1)[C@H]2C. The van der Waals surface area contributed by atoms with Gasteiger partial charge < -0.3 is 24.4 Å². The molecule has 0 aromatic heterocycles. The molecule has 260 valence electrons. The Labute approximate surface area is 289 Å². The predicted molar refractivity (Wildman–Crippen MR) is 188 cm³/mol. The number of fused-ring (bicyclic) bond motifs is 6. The first-order chi connectivity index (χ1) is 23.1. The van der Waals surface area contributed by atoms with Crippen molar-refractivity contribution in [3.05, 3.63) is 70.3 Å². The number of benzene rings is 2. The number of methoxy groups -OCH3 is 1. The largest absolute Gasteiger partial charge is 0.491 e. The molecule has 1 aliphatic carbocycles. The van der Waals surface area contributed by atoms with Crippen LogP contribution in [0.2, 0.25) is 5.02 Å². The average Bonchev–Trinajstić information content (AvgIpc) is 3.54. The van der Waals surface area contributed by atoms with E-state index in [4.69, 9.17) is 25.8 Å². The molecule has 12 heteroatoms. The average molecular weight is 699 g/mol. The summed E-state index contributed by atoms with van der Waals surface area (Å²) in [6.45, 7) is 6.96. The molecule has 4 bridgehead atoms. The Bertz CT molecular complexity index is 1670. The van der Waals surface area contributed by atoms with Gasteiger partial charge in [0.25, 0.3) is 5.91 Å². The second-order valence-corrected chi connectivity index (χ2v) is 16.2. The van der Waals surface area contributed by atoms with Crippen molar-refractivity contribution in [2.75, 3.05) is 44.1 Å². The fraction of sp³-hybridized carbons (Fsp3) is 0.556. The predicted octanol–water partition coefficient (Wildman–Crippen LogP) is 6.31. The molecule has 3 amide bonds. The van der Waals surface area contributed by atoms with Crippen LogP contribution in [0, 0.1) is 17.8 Å². The molecule has 0 radical (unpaired) electrons. The summed E-state index contributed by atoms with van der Waals surface area (Å²) in [7, 11) is -1.74. The number of halogens is 1. The van der Waals surface area contributed by atoms with E-state index in [0.29, 0.717) is 62.4 Å². The summed E-state index contributed by atoms with van der Waals surface area (Å²) in [5, 5.41) is 3.53. The first kappa shape index (κ1) is 34.7. The van der Waals surface area contributed by atoms with Gasteiger partial charge >= 0.3 is 6.03 Å². The molecule has 48 heavy (non-hydrogen) atoms. The van der Waals surface area contributed by atoms with E-state index in [9.17, 15) is 13.8 Å². The van der Waals surface area contributed by atoms with Gasteiger partial charge in [0.05, 0.1) is 36.3 Å². The van der Waals surface area contributed by atoms with Gasteiger partial charge in [-0.2, -0.15) is 0 Å². The number of nitrogens with one attached hydrogen (secondary N) is 2. The number of anilines is 1. The fourth-order valence-corrected chi connectivity index (χ4v) is 9.41. The molecule has 1 saturated heterocycles. The maximum Gasteiger partial charge on any atom is 0.327 e. The van der Waals surface area contributed by atoms with Gasteiger partial charge in [0, 0.05) is 37.4 Å². The van der Waals surface area contributed by atoms with Crippen molar-refractivity contribution in [2.24, 2.45) is 22.1 Å². The van der Waals surface area contributed by atoms with Crippen LogP contribution in [-0.2, 0) is 32.4 Å². The van der Waals surface area contributed by atoms with Gasteiger partial charge in [0.1, 0.15) is 15.7 Å². The summed E-state index contributed by atoms with van der Waals surface area (Å²) < 4.78 is 39.0. The highest BCUT2D eigenvalue weighted by atomic mass is 35.5. The fourth-order valence-electron chi connectivity index (χ4n) is 7.38.